The van der Waals surface area contributed by atoms with E-state index < -0.39 is 0 Å². The number of likely N-dealkylation sites (tertiary alicyclic amines) is 2. The molecule has 31 heavy (non-hydrogen) atoms. The molecule has 2 fully saturated rings. The van der Waals surface area contributed by atoms with Crippen LogP contribution in [0.25, 0.3) is 0 Å². The molecular formula is C23H34N6OS. The van der Waals surface area contributed by atoms with Gasteiger partial charge in [-0.3, -0.25) is 4.79 Å². The van der Waals surface area contributed by atoms with Crippen molar-refractivity contribution in [2.75, 3.05) is 31.5 Å². The molecule has 0 bridgehead atoms. The summed E-state index contributed by atoms with van der Waals surface area (Å²) in [5.74, 6) is 0.954. The molecule has 5 heterocycles. The highest BCUT2D eigenvalue weighted by molar-refractivity contribution is 7.11. The van der Waals surface area contributed by atoms with Crippen molar-refractivity contribution in [3.63, 3.8) is 0 Å². The Labute approximate surface area is 188 Å². The zero-order valence-corrected chi connectivity index (χ0v) is 19.7. The molecule has 0 aromatic carbocycles. The third kappa shape index (κ3) is 4.00. The smallest absolute Gasteiger partial charge is 0.259 e. The second-order valence-electron chi connectivity index (χ2n) is 9.96. The third-order valence-corrected chi connectivity index (χ3v) is 8.21. The third-order valence-electron chi connectivity index (χ3n) is 7.18. The average Bonchev–Trinajstić information content (AvgIpc) is 3.40. The molecule has 2 saturated heterocycles. The molecule has 2 aromatic heterocycles. The normalized spacial score (nSPS) is 24.6. The van der Waals surface area contributed by atoms with Crippen molar-refractivity contribution in [3.05, 3.63) is 27.8 Å². The standard InChI is InChI=1S/C23H34N6OS/c1-16-14-24-21(31-16)19-13-23(2,3)29-20(26-19)18(15-25-29)22(30)28-11-7-17(8-12-28)27-9-5-4-6-10-27/h14-15,17,19,26H,4-13H2,1-3H3. The van der Waals surface area contributed by atoms with E-state index in [4.69, 9.17) is 0 Å². The summed E-state index contributed by atoms with van der Waals surface area (Å²) in [4.78, 5) is 24.0. The van der Waals surface area contributed by atoms with Gasteiger partial charge < -0.3 is 15.1 Å². The summed E-state index contributed by atoms with van der Waals surface area (Å²) in [5.41, 5.74) is 0.521. The molecule has 0 saturated carbocycles. The second-order valence-corrected chi connectivity index (χ2v) is 11.2. The summed E-state index contributed by atoms with van der Waals surface area (Å²) in [6, 6.07) is 0.745. The Hall–Kier alpha value is -1.93. The number of nitrogens with zero attached hydrogens (tertiary/aromatic N) is 5. The van der Waals surface area contributed by atoms with Gasteiger partial charge in [0.25, 0.3) is 5.91 Å². The molecule has 1 atom stereocenters. The number of piperidine rings is 2. The van der Waals surface area contributed by atoms with Crippen LogP contribution in [0.15, 0.2) is 12.4 Å². The second kappa shape index (κ2) is 8.20. The van der Waals surface area contributed by atoms with Gasteiger partial charge in [-0.15, -0.1) is 11.3 Å². The maximum Gasteiger partial charge on any atom is 0.259 e. The number of hydrogen-bond acceptors (Lipinski definition) is 6. The number of fused-ring (bicyclic) bond motifs is 1. The number of carbonyl (C=O) groups excluding carboxylic acids is 1. The van der Waals surface area contributed by atoms with E-state index >= 15 is 0 Å². The predicted octanol–water partition coefficient (Wildman–Crippen LogP) is 4.03. The predicted molar refractivity (Wildman–Crippen MR) is 124 cm³/mol. The SMILES string of the molecule is Cc1cnc(C2CC(C)(C)n3ncc(C(=O)N4CCC(N5CCCCC5)CC4)c3N2)s1. The van der Waals surface area contributed by atoms with Crippen molar-refractivity contribution in [3.8, 4) is 0 Å². The first kappa shape index (κ1) is 20.9. The van der Waals surface area contributed by atoms with Crippen molar-refractivity contribution in [1.82, 2.24) is 24.6 Å². The number of hydrogen-bond donors (Lipinski definition) is 1. The van der Waals surface area contributed by atoms with E-state index in [2.05, 4.69) is 41.1 Å². The van der Waals surface area contributed by atoms with Gasteiger partial charge >= 0.3 is 0 Å². The molecule has 1 unspecified atom stereocenters. The number of aromatic nitrogens is 3. The van der Waals surface area contributed by atoms with E-state index in [-0.39, 0.29) is 17.5 Å². The van der Waals surface area contributed by atoms with E-state index in [1.54, 1.807) is 17.5 Å². The number of anilines is 1. The van der Waals surface area contributed by atoms with Crippen LogP contribution in [0.1, 0.15) is 78.7 Å². The lowest BCUT2D eigenvalue weighted by Gasteiger charge is -2.40. The minimum Gasteiger partial charge on any atom is -0.360 e. The molecule has 8 heteroatoms. The number of carbonyl (C=O) groups is 1. The Morgan fingerprint density at radius 1 is 1.13 bits per heavy atom. The summed E-state index contributed by atoms with van der Waals surface area (Å²) in [6.07, 6.45) is 10.8. The van der Waals surface area contributed by atoms with Gasteiger partial charge in [-0.2, -0.15) is 5.10 Å². The summed E-state index contributed by atoms with van der Waals surface area (Å²) in [6.45, 7) is 10.6. The van der Waals surface area contributed by atoms with Gasteiger partial charge in [-0.25, -0.2) is 9.67 Å². The van der Waals surface area contributed by atoms with Crippen LogP contribution in [-0.4, -0.2) is 62.7 Å². The van der Waals surface area contributed by atoms with Gasteiger partial charge in [0.2, 0.25) is 0 Å². The van der Waals surface area contributed by atoms with Crippen molar-refractivity contribution in [2.24, 2.45) is 0 Å². The summed E-state index contributed by atoms with van der Waals surface area (Å²) in [5, 5.41) is 9.31. The average molecular weight is 443 g/mol. The molecule has 0 radical (unpaired) electrons. The Balaban J connectivity index is 1.32. The van der Waals surface area contributed by atoms with Crippen LogP contribution in [-0.2, 0) is 5.54 Å². The summed E-state index contributed by atoms with van der Waals surface area (Å²) < 4.78 is 2.00. The molecule has 7 nitrogen and oxygen atoms in total. The molecular weight excluding hydrogens is 408 g/mol. The lowest BCUT2D eigenvalue weighted by Crippen LogP contribution is -2.48. The number of amides is 1. The van der Waals surface area contributed by atoms with Gasteiger partial charge in [0, 0.05) is 30.2 Å². The van der Waals surface area contributed by atoms with E-state index in [1.165, 1.54) is 37.2 Å². The maximum absolute atomic E-state index is 13.5. The van der Waals surface area contributed by atoms with Crippen molar-refractivity contribution >= 4 is 23.1 Å². The summed E-state index contributed by atoms with van der Waals surface area (Å²) >= 11 is 1.73. The van der Waals surface area contributed by atoms with Gasteiger partial charge in [-0.05, 0) is 66.0 Å². The fraction of sp³-hybridized carbons (Fsp3) is 0.696. The Kier molecular flexibility index (Phi) is 5.54. The van der Waals surface area contributed by atoms with E-state index in [0.29, 0.717) is 11.6 Å². The number of aryl methyl sites for hydroxylation is 1. The Bertz CT molecular complexity index is 936. The van der Waals surface area contributed by atoms with Crippen LogP contribution in [0, 0.1) is 6.92 Å². The molecule has 1 N–H and O–H groups in total. The molecule has 3 aliphatic rings. The molecule has 3 aliphatic heterocycles. The molecule has 0 aliphatic carbocycles. The number of nitrogens with one attached hydrogen (secondary N) is 1. The minimum absolute atomic E-state index is 0.106. The first-order valence-corrected chi connectivity index (χ1v) is 12.5. The van der Waals surface area contributed by atoms with Crippen LogP contribution < -0.4 is 5.32 Å². The topological polar surface area (TPSA) is 66.3 Å². The number of thiazole rings is 1. The van der Waals surface area contributed by atoms with Gasteiger partial charge in [0.15, 0.2) is 0 Å². The molecule has 5 rings (SSSR count). The monoisotopic (exact) mass is 442 g/mol. The molecule has 2 aromatic rings. The largest absolute Gasteiger partial charge is 0.360 e. The highest BCUT2D eigenvalue weighted by Gasteiger charge is 2.39. The van der Waals surface area contributed by atoms with Gasteiger partial charge in [0.05, 0.1) is 17.8 Å². The van der Waals surface area contributed by atoms with E-state index in [1.807, 2.05) is 15.8 Å². The fourth-order valence-corrected chi connectivity index (χ4v) is 6.30. The van der Waals surface area contributed by atoms with Gasteiger partial charge in [0.1, 0.15) is 16.4 Å². The summed E-state index contributed by atoms with van der Waals surface area (Å²) in [7, 11) is 0. The lowest BCUT2D eigenvalue weighted by molar-refractivity contribution is 0.0590. The van der Waals surface area contributed by atoms with Crippen LogP contribution in [0.5, 0.6) is 0 Å². The highest BCUT2D eigenvalue weighted by atomic mass is 32.1. The zero-order chi connectivity index (χ0) is 21.6. The maximum atomic E-state index is 13.5. The van der Waals surface area contributed by atoms with E-state index in [0.717, 1.165) is 43.2 Å². The van der Waals surface area contributed by atoms with Crippen molar-refractivity contribution in [2.45, 2.75) is 76.9 Å². The van der Waals surface area contributed by atoms with E-state index in [9.17, 15) is 4.79 Å². The van der Waals surface area contributed by atoms with Crippen LogP contribution in [0.4, 0.5) is 5.82 Å². The van der Waals surface area contributed by atoms with Gasteiger partial charge in [-0.1, -0.05) is 6.42 Å². The van der Waals surface area contributed by atoms with Crippen molar-refractivity contribution in [1.29, 1.82) is 0 Å². The lowest BCUT2D eigenvalue weighted by atomic mass is 9.93. The Morgan fingerprint density at radius 2 is 1.87 bits per heavy atom. The van der Waals surface area contributed by atoms with Crippen LogP contribution in [0.3, 0.4) is 0 Å². The fourth-order valence-electron chi connectivity index (χ4n) is 5.48. The Morgan fingerprint density at radius 3 is 2.55 bits per heavy atom. The zero-order valence-electron chi connectivity index (χ0n) is 18.9. The van der Waals surface area contributed by atoms with Crippen LogP contribution >= 0.6 is 11.3 Å². The minimum atomic E-state index is -0.176. The highest BCUT2D eigenvalue weighted by Crippen LogP contribution is 2.41. The first-order valence-electron chi connectivity index (χ1n) is 11.7. The molecule has 1 amide bonds. The van der Waals surface area contributed by atoms with Crippen LogP contribution in [0.2, 0.25) is 0 Å². The molecule has 0 spiro atoms. The first-order chi connectivity index (χ1) is 14.9. The van der Waals surface area contributed by atoms with Crippen molar-refractivity contribution < 1.29 is 4.79 Å². The molecule has 168 valence electrons. The number of rotatable bonds is 3. The quantitative estimate of drug-likeness (QED) is 0.777.